The summed E-state index contributed by atoms with van der Waals surface area (Å²) < 4.78 is 0. The normalized spacial score (nSPS) is 26.3. The third-order valence-electron chi connectivity index (χ3n) is 3.40. The fraction of sp³-hybridized carbons (Fsp3) is 0.533. The maximum Gasteiger partial charge on any atom is 0.181 e. The summed E-state index contributed by atoms with van der Waals surface area (Å²) in [6.45, 7) is 10.1. The molecule has 1 aliphatic rings. The van der Waals surface area contributed by atoms with Crippen molar-refractivity contribution in [3.8, 4) is 0 Å². The first-order valence-corrected chi connectivity index (χ1v) is 6.08. The third kappa shape index (κ3) is 3.19. The molecule has 0 radical (unpaired) electrons. The van der Waals surface area contributed by atoms with E-state index in [1.165, 1.54) is 5.57 Å². The second-order valence-electron chi connectivity index (χ2n) is 4.78. The third-order valence-corrected chi connectivity index (χ3v) is 3.40. The Morgan fingerprint density at radius 3 is 2.75 bits per heavy atom. The van der Waals surface area contributed by atoms with Gasteiger partial charge in [0.05, 0.1) is 0 Å². The van der Waals surface area contributed by atoms with Gasteiger partial charge in [-0.1, -0.05) is 31.2 Å². The average molecular weight is 218 g/mol. The Hall–Kier alpha value is -1.11. The van der Waals surface area contributed by atoms with Gasteiger partial charge in [0.1, 0.15) is 0 Å². The summed E-state index contributed by atoms with van der Waals surface area (Å²) in [4.78, 5) is 11.9. The van der Waals surface area contributed by atoms with Crippen LogP contribution in [0.4, 0.5) is 0 Å². The van der Waals surface area contributed by atoms with Crippen LogP contribution in [0, 0.1) is 11.8 Å². The Morgan fingerprint density at radius 1 is 1.50 bits per heavy atom. The standard InChI is InChI=1S/C15H22O/c1-5-6-15(16)14-10-9-13(11(2)3)8-7-12(14)4/h5-6,10,12-13H,2,7-9H2,1,3-4H3/b6-5+. The van der Waals surface area contributed by atoms with E-state index in [2.05, 4.69) is 26.5 Å². The highest BCUT2D eigenvalue weighted by Crippen LogP contribution is 2.31. The number of carbonyl (C=O) groups excluding carboxylic acids is 1. The molecule has 1 heteroatoms. The maximum absolute atomic E-state index is 11.9. The highest BCUT2D eigenvalue weighted by atomic mass is 16.1. The first-order chi connectivity index (χ1) is 7.56. The molecule has 0 amide bonds. The molecule has 1 nitrogen and oxygen atoms in total. The van der Waals surface area contributed by atoms with Crippen LogP contribution in [0.1, 0.15) is 40.0 Å². The van der Waals surface area contributed by atoms with Crippen LogP contribution >= 0.6 is 0 Å². The first kappa shape index (κ1) is 13.0. The largest absolute Gasteiger partial charge is 0.290 e. The molecule has 2 unspecified atom stereocenters. The van der Waals surface area contributed by atoms with Gasteiger partial charge in [-0.05, 0) is 56.6 Å². The van der Waals surface area contributed by atoms with Gasteiger partial charge in [-0.2, -0.15) is 0 Å². The van der Waals surface area contributed by atoms with Crippen molar-refractivity contribution in [2.75, 3.05) is 0 Å². The van der Waals surface area contributed by atoms with E-state index < -0.39 is 0 Å². The molecule has 0 fully saturated rings. The first-order valence-electron chi connectivity index (χ1n) is 6.08. The summed E-state index contributed by atoms with van der Waals surface area (Å²) in [7, 11) is 0. The van der Waals surface area contributed by atoms with Crippen molar-refractivity contribution in [1.29, 1.82) is 0 Å². The molecule has 2 atom stereocenters. The van der Waals surface area contributed by atoms with Gasteiger partial charge in [-0.3, -0.25) is 4.79 Å². The second kappa shape index (κ2) is 5.83. The number of hydrogen-bond donors (Lipinski definition) is 0. The Kier molecular flexibility index (Phi) is 4.72. The quantitative estimate of drug-likeness (QED) is 0.515. The lowest BCUT2D eigenvalue weighted by molar-refractivity contribution is -0.111. The van der Waals surface area contributed by atoms with Crippen molar-refractivity contribution < 1.29 is 4.79 Å². The Bertz CT molecular complexity index is 333. The number of ketones is 1. The van der Waals surface area contributed by atoms with E-state index in [-0.39, 0.29) is 5.78 Å². The minimum atomic E-state index is 0.178. The van der Waals surface area contributed by atoms with Crippen molar-refractivity contribution in [2.45, 2.75) is 40.0 Å². The molecule has 0 saturated heterocycles. The van der Waals surface area contributed by atoms with Crippen molar-refractivity contribution in [2.24, 2.45) is 11.8 Å². The molecule has 1 rings (SSSR count). The molecular weight excluding hydrogens is 196 g/mol. The van der Waals surface area contributed by atoms with Crippen molar-refractivity contribution in [1.82, 2.24) is 0 Å². The number of hydrogen-bond acceptors (Lipinski definition) is 1. The molecule has 0 spiro atoms. The summed E-state index contributed by atoms with van der Waals surface area (Å²) >= 11 is 0. The monoisotopic (exact) mass is 218 g/mol. The molecule has 16 heavy (non-hydrogen) atoms. The SMILES string of the molecule is C=C(C)C1CC=C(C(=O)/C=C/C)C(C)CC1. The molecule has 0 N–H and O–H groups in total. The fourth-order valence-electron chi connectivity index (χ4n) is 2.23. The van der Waals surface area contributed by atoms with Crippen LogP contribution in [-0.4, -0.2) is 5.78 Å². The van der Waals surface area contributed by atoms with E-state index >= 15 is 0 Å². The van der Waals surface area contributed by atoms with Crippen LogP contribution in [0.15, 0.2) is 36.0 Å². The van der Waals surface area contributed by atoms with Crippen LogP contribution in [-0.2, 0) is 4.79 Å². The smallest absolute Gasteiger partial charge is 0.181 e. The minimum absolute atomic E-state index is 0.178. The summed E-state index contributed by atoms with van der Waals surface area (Å²) in [5.41, 5.74) is 2.23. The van der Waals surface area contributed by atoms with Crippen LogP contribution in [0.3, 0.4) is 0 Å². The Balaban J connectivity index is 2.83. The van der Waals surface area contributed by atoms with Crippen LogP contribution in [0.2, 0.25) is 0 Å². The predicted octanol–water partition coefficient (Wildman–Crippen LogP) is 4.07. The summed E-state index contributed by atoms with van der Waals surface area (Å²) in [6, 6.07) is 0. The number of carbonyl (C=O) groups is 1. The highest BCUT2D eigenvalue weighted by molar-refractivity contribution is 6.04. The van der Waals surface area contributed by atoms with Crippen LogP contribution < -0.4 is 0 Å². The lowest BCUT2D eigenvalue weighted by Crippen LogP contribution is -2.07. The highest BCUT2D eigenvalue weighted by Gasteiger charge is 2.21. The zero-order valence-corrected chi connectivity index (χ0v) is 10.6. The van der Waals surface area contributed by atoms with Crippen molar-refractivity contribution in [3.63, 3.8) is 0 Å². The van der Waals surface area contributed by atoms with Crippen molar-refractivity contribution >= 4 is 5.78 Å². The molecule has 0 aliphatic heterocycles. The molecule has 0 bridgehead atoms. The van der Waals surface area contributed by atoms with E-state index in [0.29, 0.717) is 11.8 Å². The number of allylic oxidation sites excluding steroid dienone is 5. The maximum atomic E-state index is 11.9. The van der Waals surface area contributed by atoms with E-state index in [4.69, 9.17) is 0 Å². The van der Waals surface area contributed by atoms with Gasteiger partial charge in [0.15, 0.2) is 5.78 Å². The lowest BCUT2D eigenvalue weighted by atomic mass is 9.91. The second-order valence-corrected chi connectivity index (χ2v) is 4.78. The summed E-state index contributed by atoms with van der Waals surface area (Å²) in [5.74, 6) is 1.11. The van der Waals surface area contributed by atoms with Gasteiger partial charge < -0.3 is 0 Å². The van der Waals surface area contributed by atoms with Crippen molar-refractivity contribution in [3.05, 3.63) is 36.0 Å². The molecule has 0 aromatic carbocycles. The van der Waals surface area contributed by atoms with E-state index in [1.54, 1.807) is 6.08 Å². The van der Waals surface area contributed by atoms with E-state index in [1.807, 2.05) is 13.0 Å². The zero-order valence-electron chi connectivity index (χ0n) is 10.6. The number of rotatable bonds is 3. The Morgan fingerprint density at radius 2 is 2.19 bits per heavy atom. The fourth-order valence-corrected chi connectivity index (χ4v) is 2.23. The van der Waals surface area contributed by atoms with Gasteiger partial charge in [0.25, 0.3) is 0 Å². The van der Waals surface area contributed by atoms with Crippen LogP contribution in [0.5, 0.6) is 0 Å². The predicted molar refractivity (Wildman–Crippen MR) is 69.2 cm³/mol. The Labute approximate surface area is 98.9 Å². The van der Waals surface area contributed by atoms with Gasteiger partial charge in [0.2, 0.25) is 0 Å². The zero-order chi connectivity index (χ0) is 12.1. The van der Waals surface area contributed by atoms with E-state index in [0.717, 1.165) is 24.8 Å². The van der Waals surface area contributed by atoms with Gasteiger partial charge in [0, 0.05) is 0 Å². The van der Waals surface area contributed by atoms with Gasteiger partial charge in [-0.15, -0.1) is 0 Å². The minimum Gasteiger partial charge on any atom is -0.290 e. The lowest BCUT2D eigenvalue weighted by Gasteiger charge is -2.13. The molecule has 1 aliphatic carbocycles. The van der Waals surface area contributed by atoms with Gasteiger partial charge >= 0.3 is 0 Å². The van der Waals surface area contributed by atoms with Crippen LogP contribution in [0.25, 0.3) is 0 Å². The summed E-state index contributed by atoms with van der Waals surface area (Å²) in [6.07, 6.45) is 8.82. The molecule has 0 aromatic rings. The van der Waals surface area contributed by atoms with E-state index in [9.17, 15) is 4.79 Å². The molecule has 0 aromatic heterocycles. The molecular formula is C15H22O. The molecule has 0 saturated carbocycles. The molecule has 0 heterocycles. The average Bonchev–Trinajstić information content (AvgIpc) is 2.40. The topological polar surface area (TPSA) is 17.1 Å². The van der Waals surface area contributed by atoms with Gasteiger partial charge in [-0.25, -0.2) is 0 Å². The summed E-state index contributed by atoms with van der Waals surface area (Å²) in [5, 5.41) is 0. The molecule has 88 valence electrons.